The van der Waals surface area contributed by atoms with Crippen molar-refractivity contribution in [1.29, 1.82) is 0 Å². The van der Waals surface area contributed by atoms with Gasteiger partial charge in [-0.3, -0.25) is 4.21 Å². The Morgan fingerprint density at radius 1 is 1.53 bits per heavy atom. The van der Waals surface area contributed by atoms with E-state index in [0.29, 0.717) is 12.0 Å². The van der Waals surface area contributed by atoms with E-state index >= 15 is 0 Å². The third kappa shape index (κ3) is 2.89. The van der Waals surface area contributed by atoms with Crippen LogP contribution in [0.3, 0.4) is 0 Å². The van der Waals surface area contributed by atoms with Gasteiger partial charge in [0.2, 0.25) is 0 Å². The third-order valence-electron chi connectivity index (χ3n) is 3.11. The quantitative estimate of drug-likeness (QED) is 0.882. The van der Waals surface area contributed by atoms with Crippen LogP contribution in [-0.2, 0) is 10.8 Å². The van der Waals surface area contributed by atoms with Gasteiger partial charge >= 0.3 is 0 Å². The number of hydrogen-bond acceptors (Lipinski definition) is 3. The Hall–Kier alpha value is -0.190. The SMILES string of the molecule is NC1CCCC1CCS(=O)c1cccs1. The summed E-state index contributed by atoms with van der Waals surface area (Å²) >= 11 is 1.58. The van der Waals surface area contributed by atoms with Crippen LogP contribution in [0, 0.1) is 5.92 Å². The lowest BCUT2D eigenvalue weighted by Crippen LogP contribution is -2.25. The molecule has 1 aromatic heterocycles. The number of nitrogens with two attached hydrogens (primary N) is 1. The van der Waals surface area contributed by atoms with Crippen molar-refractivity contribution in [3.63, 3.8) is 0 Å². The highest BCUT2D eigenvalue weighted by atomic mass is 32.2. The Balaban J connectivity index is 1.81. The molecule has 1 heterocycles. The predicted molar refractivity (Wildman–Crippen MR) is 65.5 cm³/mol. The van der Waals surface area contributed by atoms with Crippen molar-refractivity contribution < 1.29 is 4.21 Å². The molecule has 3 unspecified atom stereocenters. The molecular weight excluding hydrogens is 226 g/mol. The van der Waals surface area contributed by atoms with Gasteiger partial charge in [-0.2, -0.15) is 0 Å². The molecule has 2 rings (SSSR count). The van der Waals surface area contributed by atoms with Crippen molar-refractivity contribution >= 4 is 22.1 Å². The van der Waals surface area contributed by atoms with Crippen molar-refractivity contribution in [2.24, 2.45) is 11.7 Å². The highest BCUT2D eigenvalue weighted by Gasteiger charge is 2.24. The van der Waals surface area contributed by atoms with Crippen LogP contribution in [0.1, 0.15) is 25.7 Å². The monoisotopic (exact) mass is 243 g/mol. The predicted octanol–water partition coefficient (Wildman–Crippen LogP) is 2.37. The standard InChI is InChI=1S/C11H17NOS2/c12-10-4-1-3-9(10)6-8-15(13)11-5-2-7-14-11/h2,5,7,9-10H,1,3-4,6,8,12H2. The summed E-state index contributed by atoms with van der Waals surface area (Å²) in [5, 5.41) is 1.98. The minimum atomic E-state index is -0.800. The second kappa shape index (κ2) is 5.23. The number of rotatable bonds is 4. The summed E-state index contributed by atoms with van der Waals surface area (Å²) < 4.78 is 12.9. The molecule has 0 aromatic carbocycles. The molecule has 3 atom stereocenters. The molecule has 2 nitrogen and oxygen atoms in total. The zero-order valence-corrected chi connectivity index (χ0v) is 10.4. The first-order valence-corrected chi connectivity index (χ1v) is 7.64. The minimum absolute atomic E-state index is 0.352. The van der Waals surface area contributed by atoms with Crippen molar-refractivity contribution in [2.75, 3.05) is 5.75 Å². The second-order valence-electron chi connectivity index (χ2n) is 4.13. The van der Waals surface area contributed by atoms with Crippen molar-refractivity contribution in [3.05, 3.63) is 17.5 Å². The maximum Gasteiger partial charge on any atom is 0.0910 e. The van der Waals surface area contributed by atoms with Crippen LogP contribution in [0.4, 0.5) is 0 Å². The zero-order valence-electron chi connectivity index (χ0n) is 8.72. The Kier molecular flexibility index (Phi) is 3.94. The average molecular weight is 243 g/mol. The van der Waals surface area contributed by atoms with E-state index in [2.05, 4.69) is 0 Å². The molecule has 0 radical (unpaired) electrons. The van der Waals surface area contributed by atoms with E-state index < -0.39 is 10.8 Å². The molecule has 2 N–H and O–H groups in total. The zero-order chi connectivity index (χ0) is 10.7. The summed E-state index contributed by atoms with van der Waals surface area (Å²) in [7, 11) is -0.800. The van der Waals surface area contributed by atoms with Crippen LogP contribution in [0.15, 0.2) is 21.7 Å². The normalized spacial score (nSPS) is 28.1. The maximum atomic E-state index is 11.8. The van der Waals surface area contributed by atoms with Gasteiger partial charge in [0.25, 0.3) is 0 Å². The molecule has 1 aliphatic rings. The van der Waals surface area contributed by atoms with E-state index in [1.165, 1.54) is 12.8 Å². The Bertz CT molecular complexity index is 323. The lowest BCUT2D eigenvalue weighted by Gasteiger charge is -2.13. The van der Waals surface area contributed by atoms with E-state index in [1.54, 1.807) is 11.3 Å². The molecule has 0 bridgehead atoms. The van der Waals surface area contributed by atoms with Gasteiger partial charge in [-0.05, 0) is 36.6 Å². The van der Waals surface area contributed by atoms with Crippen LogP contribution in [-0.4, -0.2) is 16.0 Å². The smallest absolute Gasteiger partial charge is 0.0910 e. The van der Waals surface area contributed by atoms with Gasteiger partial charge < -0.3 is 5.73 Å². The van der Waals surface area contributed by atoms with Crippen LogP contribution >= 0.6 is 11.3 Å². The van der Waals surface area contributed by atoms with E-state index in [1.807, 2.05) is 17.5 Å². The van der Waals surface area contributed by atoms with Gasteiger partial charge in [-0.25, -0.2) is 0 Å². The molecule has 1 aromatic rings. The highest BCUT2D eigenvalue weighted by Crippen LogP contribution is 2.27. The first kappa shape index (κ1) is 11.3. The average Bonchev–Trinajstić information content (AvgIpc) is 2.85. The summed E-state index contributed by atoms with van der Waals surface area (Å²) in [4.78, 5) is 0. The summed E-state index contributed by atoms with van der Waals surface area (Å²) in [5.41, 5.74) is 5.99. The van der Waals surface area contributed by atoms with Crippen molar-refractivity contribution in [3.8, 4) is 0 Å². The van der Waals surface area contributed by atoms with Gasteiger partial charge in [0.05, 0.1) is 15.0 Å². The fourth-order valence-corrected chi connectivity index (χ4v) is 4.42. The molecule has 0 aliphatic heterocycles. The van der Waals surface area contributed by atoms with Gasteiger partial charge in [-0.15, -0.1) is 11.3 Å². The lowest BCUT2D eigenvalue weighted by atomic mass is 10.0. The van der Waals surface area contributed by atoms with Crippen LogP contribution in [0.25, 0.3) is 0 Å². The summed E-state index contributed by atoms with van der Waals surface area (Å²) in [5.74, 6) is 1.38. The molecule has 0 amide bonds. The minimum Gasteiger partial charge on any atom is -0.327 e. The molecule has 0 saturated heterocycles. The molecule has 1 saturated carbocycles. The topological polar surface area (TPSA) is 43.1 Å². The largest absolute Gasteiger partial charge is 0.327 e. The summed E-state index contributed by atoms with van der Waals surface area (Å²) in [6.07, 6.45) is 4.64. The lowest BCUT2D eigenvalue weighted by molar-refractivity contribution is 0.468. The first-order valence-electron chi connectivity index (χ1n) is 5.45. The molecule has 1 aliphatic carbocycles. The Morgan fingerprint density at radius 2 is 2.40 bits per heavy atom. The summed E-state index contributed by atoms with van der Waals surface area (Å²) in [6.45, 7) is 0. The molecule has 1 fully saturated rings. The number of thiophene rings is 1. The molecule has 0 spiro atoms. The van der Waals surface area contributed by atoms with E-state index in [-0.39, 0.29) is 0 Å². The van der Waals surface area contributed by atoms with Crippen LogP contribution < -0.4 is 5.73 Å². The first-order chi connectivity index (χ1) is 7.27. The molecular formula is C11H17NOS2. The van der Waals surface area contributed by atoms with Gasteiger partial charge in [0.1, 0.15) is 0 Å². The fourth-order valence-electron chi connectivity index (χ4n) is 2.18. The van der Waals surface area contributed by atoms with Gasteiger partial charge in [0.15, 0.2) is 0 Å². The fraction of sp³-hybridized carbons (Fsp3) is 0.636. The van der Waals surface area contributed by atoms with Crippen molar-refractivity contribution in [1.82, 2.24) is 0 Å². The molecule has 15 heavy (non-hydrogen) atoms. The molecule has 4 heteroatoms. The highest BCUT2D eigenvalue weighted by molar-refractivity contribution is 7.87. The van der Waals surface area contributed by atoms with Crippen molar-refractivity contribution in [2.45, 2.75) is 35.9 Å². The molecule has 84 valence electrons. The van der Waals surface area contributed by atoms with E-state index in [0.717, 1.165) is 22.8 Å². The summed E-state index contributed by atoms with van der Waals surface area (Å²) in [6, 6.07) is 4.26. The number of hydrogen-bond donors (Lipinski definition) is 1. The van der Waals surface area contributed by atoms with E-state index in [4.69, 9.17) is 5.73 Å². The van der Waals surface area contributed by atoms with Gasteiger partial charge in [-0.1, -0.05) is 12.5 Å². The Morgan fingerprint density at radius 3 is 3.00 bits per heavy atom. The second-order valence-corrected chi connectivity index (χ2v) is 6.87. The maximum absolute atomic E-state index is 11.8. The van der Waals surface area contributed by atoms with E-state index in [9.17, 15) is 4.21 Å². The van der Waals surface area contributed by atoms with Crippen LogP contribution in [0.5, 0.6) is 0 Å². The Labute approximate surface area is 97.3 Å². The van der Waals surface area contributed by atoms with Crippen LogP contribution in [0.2, 0.25) is 0 Å². The third-order valence-corrected chi connectivity index (χ3v) is 5.81. The van der Waals surface area contributed by atoms with Gasteiger partial charge in [0, 0.05) is 11.8 Å².